The lowest BCUT2D eigenvalue weighted by Crippen LogP contribution is -3.00. The van der Waals surface area contributed by atoms with Crippen molar-refractivity contribution in [3.05, 3.63) is 129 Å². The smallest absolute Gasteiger partial charge is 0.288 e. The van der Waals surface area contributed by atoms with Gasteiger partial charge in [-0.2, -0.15) is 14.9 Å². The first-order valence-electron chi connectivity index (χ1n) is 10.7. The Labute approximate surface area is 224 Å². The highest BCUT2D eigenvalue weighted by molar-refractivity contribution is 9.08. The molecule has 0 aliphatic carbocycles. The predicted molar refractivity (Wildman–Crippen MR) is 136 cm³/mol. The zero-order valence-corrected chi connectivity index (χ0v) is 22.1. The number of alkyl halides is 1. The van der Waals surface area contributed by atoms with E-state index in [0.717, 1.165) is 11.9 Å². The number of benzene rings is 2. The van der Waals surface area contributed by atoms with Crippen molar-refractivity contribution in [2.45, 2.75) is 11.9 Å². The zero-order chi connectivity index (χ0) is 24.5. The van der Waals surface area contributed by atoms with Crippen molar-refractivity contribution in [1.82, 2.24) is 15.3 Å². The van der Waals surface area contributed by atoms with Gasteiger partial charge in [0.1, 0.15) is 0 Å². The topological polar surface area (TPSA) is 109 Å². The van der Waals surface area contributed by atoms with Crippen LogP contribution >= 0.6 is 15.9 Å². The number of hydrogen-bond acceptors (Lipinski definition) is 5. The van der Waals surface area contributed by atoms with Crippen LogP contribution in [0.2, 0.25) is 0 Å². The lowest BCUT2D eigenvalue weighted by molar-refractivity contribution is -0.687. The van der Waals surface area contributed by atoms with Crippen LogP contribution in [-0.4, -0.2) is 15.3 Å². The van der Waals surface area contributed by atoms with E-state index in [1.807, 2.05) is 53.4 Å². The summed E-state index contributed by atoms with van der Waals surface area (Å²) in [5.74, 6) is 0. The van der Waals surface area contributed by atoms with Crippen LogP contribution in [0.3, 0.4) is 0 Å². The number of aromatic amines is 2. The molecule has 0 spiro atoms. The van der Waals surface area contributed by atoms with Crippen LogP contribution in [0, 0.1) is 0 Å². The number of nitrogens with zero attached hydrogens (tertiary/aromatic N) is 2. The summed E-state index contributed by atoms with van der Waals surface area (Å²) in [7, 11) is 0. The number of pyridine rings is 2. The number of hydrogen-bond donors (Lipinski definition) is 2. The molecule has 0 fully saturated rings. The molecule has 0 amide bonds. The summed E-state index contributed by atoms with van der Waals surface area (Å²) in [5, 5.41) is 6.60. The van der Waals surface area contributed by atoms with Crippen LogP contribution in [0.4, 0.5) is 0 Å². The van der Waals surface area contributed by atoms with Crippen molar-refractivity contribution >= 4 is 37.9 Å². The van der Waals surface area contributed by atoms with E-state index in [9.17, 15) is 9.59 Å². The van der Waals surface area contributed by atoms with E-state index in [1.54, 1.807) is 18.3 Å². The molecular formula is C26H22Br2N4O4. The fraction of sp³-hybridized carbons (Fsp3) is 0.0769. The molecule has 36 heavy (non-hydrogen) atoms. The van der Waals surface area contributed by atoms with Gasteiger partial charge < -0.3 is 26.0 Å². The van der Waals surface area contributed by atoms with Gasteiger partial charge in [0.05, 0.1) is 17.0 Å². The highest BCUT2D eigenvalue weighted by atomic mass is 79.9. The first-order valence-corrected chi connectivity index (χ1v) is 11.8. The maximum absolute atomic E-state index is 11.3. The van der Waals surface area contributed by atoms with Gasteiger partial charge in [-0.3, -0.25) is 14.6 Å². The highest BCUT2D eigenvalue weighted by Gasteiger charge is 2.09. The van der Waals surface area contributed by atoms with Crippen molar-refractivity contribution in [2.75, 3.05) is 0 Å². The SMILES string of the molecule is BrCc1ccccc1.O=c1[nH]oc2c[n+](Cc3ccccc3)ccc12.O=c1[nH]oc2cnccc12.[Br-]. The Kier molecular flexibility index (Phi) is 9.96. The van der Waals surface area contributed by atoms with E-state index in [1.165, 1.54) is 17.3 Å². The summed E-state index contributed by atoms with van der Waals surface area (Å²) >= 11 is 3.36. The van der Waals surface area contributed by atoms with Crippen LogP contribution < -0.4 is 32.7 Å². The summed E-state index contributed by atoms with van der Waals surface area (Å²) < 4.78 is 11.8. The highest BCUT2D eigenvalue weighted by Crippen LogP contribution is 2.06. The number of halogens is 2. The molecule has 0 atom stereocenters. The Balaban J connectivity index is 0.000000162. The molecule has 0 bridgehead atoms. The monoisotopic (exact) mass is 612 g/mol. The average molecular weight is 614 g/mol. The van der Waals surface area contributed by atoms with Crippen molar-refractivity contribution in [3.8, 4) is 0 Å². The maximum atomic E-state index is 11.3. The fourth-order valence-electron chi connectivity index (χ4n) is 3.21. The van der Waals surface area contributed by atoms with E-state index in [0.29, 0.717) is 21.9 Å². The van der Waals surface area contributed by atoms with Crippen molar-refractivity contribution < 1.29 is 30.6 Å². The van der Waals surface area contributed by atoms with Gasteiger partial charge in [-0.05, 0) is 11.6 Å². The standard InChI is InChI=1S/C13H10N2O2.C7H7Br.C6H4N2O2.BrH/c16-13-11-6-7-15(9-12(11)17-14-13)8-10-4-2-1-3-5-10;8-6-7-4-2-1-3-5-7;9-6-4-1-2-7-3-5(4)10-8-6;/h1-7,9H,8H2;1-5H,6H2;1-3H,(H,8,9);1H. The quantitative estimate of drug-likeness (QED) is 0.233. The van der Waals surface area contributed by atoms with E-state index in [-0.39, 0.29) is 28.1 Å². The molecule has 0 aliphatic heterocycles. The largest absolute Gasteiger partial charge is 1.00 e. The molecule has 6 rings (SSSR count). The minimum Gasteiger partial charge on any atom is -1.00 e. The fourth-order valence-corrected chi connectivity index (χ4v) is 3.58. The van der Waals surface area contributed by atoms with E-state index < -0.39 is 0 Å². The predicted octanol–water partition coefficient (Wildman–Crippen LogP) is 1.56. The molecule has 0 aliphatic rings. The maximum Gasteiger partial charge on any atom is 0.288 e. The van der Waals surface area contributed by atoms with Crippen LogP contribution in [0.25, 0.3) is 21.9 Å². The Morgan fingerprint density at radius 1 is 0.778 bits per heavy atom. The van der Waals surface area contributed by atoms with Crippen molar-refractivity contribution in [3.63, 3.8) is 0 Å². The summed E-state index contributed by atoms with van der Waals surface area (Å²) in [6.07, 6.45) is 6.74. The lowest BCUT2D eigenvalue weighted by Gasteiger charge is -1.96. The molecule has 0 unspecified atom stereocenters. The van der Waals surface area contributed by atoms with Gasteiger partial charge in [0, 0.05) is 23.2 Å². The van der Waals surface area contributed by atoms with Gasteiger partial charge in [-0.1, -0.05) is 76.6 Å². The average Bonchev–Trinajstić information content (AvgIpc) is 3.48. The summed E-state index contributed by atoms with van der Waals surface area (Å²) in [6, 6.07) is 23.8. The van der Waals surface area contributed by atoms with Gasteiger partial charge in [-0.15, -0.1) is 0 Å². The lowest BCUT2D eigenvalue weighted by atomic mass is 10.2. The van der Waals surface area contributed by atoms with Crippen molar-refractivity contribution in [1.29, 1.82) is 0 Å². The van der Waals surface area contributed by atoms with Gasteiger partial charge in [0.15, 0.2) is 18.3 Å². The third kappa shape index (κ3) is 7.12. The molecule has 0 radical (unpaired) electrons. The Morgan fingerprint density at radius 2 is 1.36 bits per heavy atom. The summed E-state index contributed by atoms with van der Waals surface area (Å²) in [6.45, 7) is 0.756. The molecule has 8 nitrogen and oxygen atoms in total. The first kappa shape index (κ1) is 26.8. The molecule has 0 saturated heterocycles. The minimum atomic E-state index is -0.211. The molecule has 0 saturated carbocycles. The third-order valence-electron chi connectivity index (χ3n) is 4.97. The van der Waals surface area contributed by atoms with E-state index in [2.05, 4.69) is 55.5 Å². The minimum absolute atomic E-state index is 0. The molecule has 4 aromatic heterocycles. The van der Waals surface area contributed by atoms with Crippen LogP contribution in [0.5, 0.6) is 0 Å². The van der Waals surface area contributed by atoms with E-state index >= 15 is 0 Å². The van der Waals surface area contributed by atoms with Crippen LogP contribution in [-0.2, 0) is 11.9 Å². The van der Waals surface area contributed by atoms with Crippen LogP contribution in [0.15, 0.2) is 116 Å². The van der Waals surface area contributed by atoms with Gasteiger partial charge >= 0.3 is 0 Å². The zero-order valence-electron chi connectivity index (χ0n) is 18.9. The Bertz CT molecular complexity index is 1610. The third-order valence-corrected chi connectivity index (χ3v) is 5.61. The van der Waals surface area contributed by atoms with Gasteiger partial charge in [-0.25, -0.2) is 0 Å². The molecule has 2 N–H and O–H groups in total. The molecule has 10 heteroatoms. The second-order valence-corrected chi connectivity index (χ2v) is 8.00. The molecular weight excluding hydrogens is 592 g/mol. The second kappa shape index (κ2) is 13.4. The normalized spacial score (nSPS) is 10.0. The van der Waals surface area contributed by atoms with Gasteiger partial charge in [0.2, 0.25) is 11.8 Å². The first-order chi connectivity index (χ1) is 17.1. The second-order valence-electron chi connectivity index (χ2n) is 7.44. The van der Waals surface area contributed by atoms with Crippen molar-refractivity contribution in [2.24, 2.45) is 0 Å². The Morgan fingerprint density at radius 3 is 1.94 bits per heavy atom. The number of rotatable bonds is 3. The number of aromatic nitrogens is 4. The van der Waals surface area contributed by atoms with E-state index in [4.69, 9.17) is 9.05 Å². The van der Waals surface area contributed by atoms with Gasteiger partial charge in [0.25, 0.3) is 11.1 Å². The number of nitrogens with one attached hydrogen (secondary N) is 2. The summed E-state index contributed by atoms with van der Waals surface area (Å²) in [4.78, 5) is 25.9. The molecule has 2 aromatic carbocycles. The summed E-state index contributed by atoms with van der Waals surface area (Å²) in [5.41, 5.74) is 3.20. The molecule has 184 valence electrons. The number of fused-ring (bicyclic) bond motifs is 2. The molecule has 6 aromatic rings. The number of H-pyrrole nitrogens is 2. The Hall–Kier alpha value is -3.76. The molecule has 4 heterocycles. The van der Waals surface area contributed by atoms with Crippen LogP contribution in [0.1, 0.15) is 11.1 Å².